The highest BCUT2D eigenvalue weighted by atomic mass is 79.9. The van der Waals surface area contributed by atoms with Crippen LogP contribution in [0.3, 0.4) is 0 Å². The minimum Gasteiger partial charge on any atom is -0.494 e. The number of benzene rings is 1. The van der Waals surface area contributed by atoms with Crippen LogP contribution < -0.4 is 4.74 Å². The fourth-order valence-corrected chi connectivity index (χ4v) is 2.00. The monoisotopic (exact) mass is 267 g/mol. The van der Waals surface area contributed by atoms with Gasteiger partial charge in [-0.15, -0.1) is 0 Å². The van der Waals surface area contributed by atoms with Crippen LogP contribution in [0, 0.1) is 11.3 Å². The van der Waals surface area contributed by atoms with Crippen LogP contribution in [0.5, 0.6) is 5.75 Å². The summed E-state index contributed by atoms with van der Waals surface area (Å²) in [5.74, 6) is 0.451. The van der Waals surface area contributed by atoms with Crippen molar-refractivity contribution < 1.29 is 9.53 Å². The van der Waals surface area contributed by atoms with Crippen molar-refractivity contribution in [2.24, 2.45) is 0 Å². The van der Waals surface area contributed by atoms with E-state index in [9.17, 15) is 4.79 Å². The van der Waals surface area contributed by atoms with Gasteiger partial charge in [0.25, 0.3) is 0 Å². The third kappa shape index (κ3) is 2.57. The van der Waals surface area contributed by atoms with Crippen molar-refractivity contribution in [3.8, 4) is 11.8 Å². The maximum atomic E-state index is 11.3. The second kappa shape index (κ2) is 4.94. The van der Waals surface area contributed by atoms with Crippen LogP contribution in [0.2, 0.25) is 0 Å². The minimum absolute atomic E-state index is 0.138. The molecule has 0 aliphatic heterocycles. The molecule has 78 valence electrons. The summed E-state index contributed by atoms with van der Waals surface area (Å²) in [6.45, 7) is 3.82. The number of halogens is 1. The van der Waals surface area contributed by atoms with Crippen LogP contribution in [-0.2, 0) is 0 Å². The van der Waals surface area contributed by atoms with Gasteiger partial charge in [-0.25, -0.2) is 0 Å². The van der Waals surface area contributed by atoms with Crippen molar-refractivity contribution in [3.63, 3.8) is 0 Å². The van der Waals surface area contributed by atoms with Crippen molar-refractivity contribution in [2.75, 3.05) is 6.61 Å². The molecule has 1 aromatic rings. The van der Waals surface area contributed by atoms with E-state index in [1.54, 1.807) is 12.1 Å². The van der Waals surface area contributed by atoms with Gasteiger partial charge < -0.3 is 4.74 Å². The lowest BCUT2D eigenvalue weighted by molar-refractivity contribution is 0.101. The number of nitrogens with zero attached hydrogens (tertiary/aromatic N) is 1. The van der Waals surface area contributed by atoms with Gasteiger partial charge in [-0.3, -0.25) is 4.79 Å². The number of rotatable bonds is 3. The Balaban J connectivity index is 3.32. The molecule has 0 bridgehead atoms. The SMILES string of the molecule is CCOc1cc(Br)c(C(C)=O)c(C#N)c1. The molecule has 0 unspecified atom stereocenters. The topological polar surface area (TPSA) is 50.1 Å². The first-order valence-electron chi connectivity index (χ1n) is 4.47. The summed E-state index contributed by atoms with van der Waals surface area (Å²) in [5, 5.41) is 8.91. The van der Waals surface area contributed by atoms with E-state index in [-0.39, 0.29) is 5.78 Å². The van der Waals surface area contributed by atoms with Gasteiger partial charge in [0.05, 0.1) is 12.2 Å². The van der Waals surface area contributed by atoms with E-state index < -0.39 is 0 Å². The van der Waals surface area contributed by atoms with Gasteiger partial charge in [-0.05, 0) is 41.9 Å². The standard InChI is InChI=1S/C11H10BrNO2/c1-3-15-9-4-8(6-13)11(7(2)14)10(12)5-9/h4-5H,3H2,1-2H3. The van der Waals surface area contributed by atoms with Gasteiger partial charge in [0, 0.05) is 10.0 Å². The molecule has 0 aromatic heterocycles. The maximum absolute atomic E-state index is 11.3. The summed E-state index contributed by atoms with van der Waals surface area (Å²) in [7, 11) is 0. The quantitative estimate of drug-likeness (QED) is 0.792. The molecule has 0 heterocycles. The number of ketones is 1. The molecule has 0 atom stereocenters. The van der Waals surface area contributed by atoms with Crippen molar-refractivity contribution in [1.82, 2.24) is 0 Å². The minimum atomic E-state index is -0.138. The van der Waals surface area contributed by atoms with E-state index in [2.05, 4.69) is 15.9 Å². The molecule has 0 saturated carbocycles. The number of hydrogen-bond acceptors (Lipinski definition) is 3. The van der Waals surface area contributed by atoms with E-state index in [0.29, 0.717) is 28.0 Å². The molecule has 0 aliphatic carbocycles. The summed E-state index contributed by atoms with van der Waals surface area (Å²) in [6.07, 6.45) is 0. The first kappa shape index (κ1) is 11.7. The van der Waals surface area contributed by atoms with Crippen molar-refractivity contribution >= 4 is 21.7 Å². The van der Waals surface area contributed by atoms with Gasteiger partial charge in [0.1, 0.15) is 11.8 Å². The van der Waals surface area contributed by atoms with Crippen molar-refractivity contribution in [1.29, 1.82) is 5.26 Å². The molecule has 0 radical (unpaired) electrons. The first-order valence-corrected chi connectivity index (χ1v) is 5.26. The van der Waals surface area contributed by atoms with Gasteiger partial charge in [0.15, 0.2) is 5.78 Å². The fraction of sp³-hybridized carbons (Fsp3) is 0.273. The Morgan fingerprint density at radius 1 is 1.60 bits per heavy atom. The lowest BCUT2D eigenvalue weighted by atomic mass is 10.1. The highest BCUT2D eigenvalue weighted by molar-refractivity contribution is 9.10. The predicted molar refractivity (Wildman–Crippen MR) is 60.0 cm³/mol. The van der Waals surface area contributed by atoms with Gasteiger partial charge in [-0.2, -0.15) is 5.26 Å². The highest BCUT2D eigenvalue weighted by Gasteiger charge is 2.13. The Morgan fingerprint density at radius 2 is 2.27 bits per heavy atom. The molecule has 0 fully saturated rings. The number of ether oxygens (including phenoxy) is 1. The van der Waals surface area contributed by atoms with E-state index in [1.807, 2.05) is 13.0 Å². The van der Waals surface area contributed by atoms with Crippen LogP contribution in [0.4, 0.5) is 0 Å². The summed E-state index contributed by atoms with van der Waals surface area (Å²) in [6, 6.07) is 5.26. The molecule has 4 heteroatoms. The predicted octanol–water partition coefficient (Wildman–Crippen LogP) is 2.92. The van der Waals surface area contributed by atoms with Crippen LogP contribution in [-0.4, -0.2) is 12.4 Å². The van der Waals surface area contributed by atoms with E-state index in [1.165, 1.54) is 6.92 Å². The van der Waals surface area contributed by atoms with Gasteiger partial charge in [0.2, 0.25) is 0 Å². The average molecular weight is 268 g/mol. The molecule has 0 spiro atoms. The number of carbonyl (C=O) groups excluding carboxylic acids is 1. The summed E-state index contributed by atoms with van der Waals surface area (Å²) in [4.78, 5) is 11.3. The van der Waals surface area contributed by atoms with E-state index in [4.69, 9.17) is 10.00 Å². The van der Waals surface area contributed by atoms with Crippen LogP contribution in [0.1, 0.15) is 29.8 Å². The summed E-state index contributed by atoms with van der Waals surface area (Å²) < 4.78 is 5.87. The normalized spacial score (nSPS) is 9.47. The molecule has 3 nitrogen and oxygen atoms in total. The number of carbonyl (C=O) groups is 1. The average Bonchev–Trinajstić information content (AvgIpc) is 2.16. The number of Topliss-reactive ketones (excluding diaryl/α,β-unsaturated/α-hetero) is 1. The number of hydrogen-bond donors (Lipinski definition) is 0. The number of nitriles is 1. The van der Waals surface area contributed by atoms with Crippen LogP contribution in [0.15, 0.2) is 16.6 Å². The van der Waals surface area contributed by atoms with Crippen LogP contribution >= 0.6 is 15.9 Å². The highest BCUT2D eigenvalue weighted by Crippen LogP contribution is 2.27. The van der Waals surface area contributed by atoms with E-state index in [0.717, 1.165) is 0 Å². The molecule has 0 N–H and O–H groups in total. The Hall–Kier alpha value is -1.34. The Morgan fingerprint density at radius 3 is 2.73 bits per heavy atom. The lowest BCUT2D eigenvalue weighted by Crippen LogP contribution is -2.00. The molecule has 1 rings (SSSR count). The van der Waals surface area contributed by atoms with E-state index >= 15 is 0 Å². The zero-order chi connectivity index (χ0) is 11.4. The fourth-order valence-electron chi connectivity index (χ4n) is 1.28. The lowest BCUT2D eigenvalue weighted by Gasteiger charge is -2.07. The third-order valence-electron chi connectivity index (χ3n) is 1.85. The van der Waals surface area contributed by atoms with Crippen molar-refractivity contribution in [3.05, 3.63) is 27.7 Å². The van der Waals surface area contributed by atoms with Crippen molar-refractivity contribution in [2.45, 2.75) is 13.8 Å². The Labute approximate surface area is 96.8 Å². The maximum Gasteiger partial charge on any atom is 0.162 e. The van der Waals surface area contributed by atoms with Gasteiger partial charge >= 0.3 is 0 Å². The molecule has 0 amide bonds. The molecular weight excluding hydrogens is 258 g/mol. The molecular formula is C11H10BrNO2. The molecule has 1 aromatic carbocycles. The zero-order valence-electron chi connectivity index (χ0n) is 8.50. The Kier molecular flexibility index (Phi) is 3.87. The third-order valence-corrected chi connectivity index (χ3v) is 2.47. The van der Waals surface area contributed by atoms with Crippen LogP contribution in [0.25, 0.3) is 0 Å². The summed E-state index contributed by atoms with van der Waals surface area (Å²) >= 11 is 3.26. The first-order chi connectivity index (χ1) is 7.10. The second-order valence-electron chi connectivity index (χ2n) is 2.93. The largest absolute Gasteiger partial charge is 0.494 e. The molecule has 0 aliphatic rings. The molecule has 0 saturated heterocycles. The smallest absolute Gasteiger partial charge is 0.162 e. The molecule has 15 heavy (non-hydrogen) atoms. The Bertz CT molecular complexity index is 435. The second-order valence-corrected chi connectivity index (χ2v) is 3.78. The zero-order valence-corrected chi connectivity index (χ0v) is 10.1. The summed E-state index contributed by atoms with van der Waals surface area (Å²) in [5.41, 5.74) is 0.737. The van der Waals surface area contributed by atoms with Gasteiger partial charge in [-0.1, -0.05) is 0 Å².